The maximum Gasteiger partial charge on any atom is 0.263 e. The van der Waals surface area contributed by atoms with Crippen LogP contribution in [0.1, 0.15) is 12.0 Å². The van der Waals surface area contributed by atoms with Crippen LogP contribution in [0.25, 0.3) is 0 Å². The Morgan fingerprint density at radius 3 is 2.62 bits per heavy atom. The fraction of sp³-hybridized carbons (Fsp3) is 0.125. The molecule has 2 aromatic rings. The number of benzene rings is 2. The second-order valence-electron chi connectivity index (χ2n) is 5.11. The first-order chi connectivity index (χ1) is 11.5. The Hall–Kier alpha value is -2.19. The summed E-state index contributed by atoms with van der Waals surface area (Å²) >= 11 is 3.36. The summed E-state index contributed by atoms with van der Waals surface area (Å²) in [5.41, 5.74) is 1.21. The highest BCUT2D eigenvalue weighted by Gasteiger charge is 2.29. The second kappa shape index (κ2) is 6.74. The summed E-state index contributed by atoms with van der Waals surface area (Å²) in [6.07, 6.45) is 0.148. The average molecular weight is 408 g/mol. The zero-order valence-corrected chi connectivity index (χ0v) is 14.9. The van der Waals surface area contributed by atoms with E-state index in [1.807, 2.05) is 18.2 Å². The third-order valence-corrected chi connectivity index (χ3v) is 5.51. The number of aliphatic imine (C=N–C) groups is 1. The molecule has 1 aliphatic heterocycles. The van der Waals surface area contributed by atoms with Crippen molar-refractivity contribution >= 4 is 43.4 Å². The van der Waals surface area contributed by atoms with Crippen LogP contribution in [-0.2, 0) is 14.8 Å². The molecule has 0 aromatic heterocycles. The number of hydrogen-bond donors (Lipinski definition) is 2. The van der Waals surface area contributed by atoms with Crippen molar-refractivity contribution in [2.75, 3.05) is 11.9 Å². The summed E-state index contributed by atoms with van der Waals surface area (Å²) in [7, 11) is -3.55. The highest BCUT2D eigenvalue weighted by atomic mass is 79.9. The van der Waals surface area contributed by atoms with Crippen LogP contribution in [-0.4, -0.2) is 26.7 Å². The van der Waals surface area contributed by atoms with Gasteiger partial charge in [0.1, 0.15) is 5.84 Å². The van der Waals surface area contributed by atoms with Crippen molar-refractivity contribution in [3.8, 4) is 0 Å². The van der Waals surface area contributed by atoms with Crippen LogP contribution < -0.4 is 10.0 Å². The molecule has 124 valence electrons. The molecule has 6 nitrogen and oxygen atoms in total. The van der Waals surface area contributed by atoms with Crippen LogP contribution in [0.3, 0.4) is 0 Å². The molecule has 1 amide bonds. The number of amidine groups is 1. The minimum Gasteiger partial charge on any atom is -0.325 e. The van der Waals surface area contributed by atoms with Crippen LogP contribution in [0, 0.1) is 0 Å². The number of carbonyl (C=O) groups excluding carboxylic acids is 1. The van der Waals surface area contributed by atoms with Gasteiger partial charge < -0.3 is 5.32 Å². The lowest BCUT2D eigenvalue weighted by Crippen LogP contribution is -2.23. The lowest BCUT2D eigenvalue weighted by atomic mass is 10.2. The minimum atomic E-state index is -3.55. The number of sulfonamides is 1. The predicted molar refractivity (Wildman–Crippen MR) is 95.6 cm³/mol. The Morgan fingerprint density at radius 1 is 1.12 bits per heavy atom. The largest absolute Gasteiger partial charge is 0.325 e. The van der Waals surface area contributed by atoms with Gasteiger partial charge in [0.15, 0.2) is 0 Å². The monoisotopic (exact) mass is 407 g/mol. The van der Waals surface area contributed by atoms with E-state index >= 15 is 0 Å². The van der Waals surface area contributed by atoms with E-state index in [9.17, 15) is 13.2 Å². The van der Waals surface area contributed by atoms with Crippen LogP contribution in [0.5, 0.6) is 0 Å². The molecule has 1 aliphatic rings. The molecule has 0 fully saturated rings. The number of anilines is 1. The van der Waals surface area contributed by atoms with Gasteiger partial charge >= 0.3 is 0 Å². The Kier molecular flexibility index (Phi) is 4.68. The number of para-hydroxylation sites is 1. The fourth-order valence-electron chi connectivity index (χ4n) is 2.30. The van der Waals surface area contributed by atoms with Crippen molar-refractivity contribution in [1.82, 2.24) is 4.72 Å². The maximum atomic E-state index is 12.0. The standard InChI is InChI=1S/C16H14BrN3O3S/c17-12-6-2-3-7-13(12)19-15(21)9-10-18-16-11-5-1-4-8-14(11)24(22,23)20-16/h1-8H,9-10H2,(H,18,20)(H,19,21). The number of nitrogens with zero attached hydrogens (tertiary/aromatic N) is 1. The number of amides is 1. The predicted octanol–water partition coefficient (Wildman–Crippen LogP) is 2.52. The van der Waals surface area contributed by atoms with Crippen molar-refractivity contribution in [3.63, 3.8) is 0 Å². The third kappa shape index (κ3) is 3.49. The quantitative estimate of drug-likeness (QED) is 0.815. The fourth-order valence-corrected chi connectivity index (χ4v) is 3.93. The molecule has 24 heavy (non-hydrogen) atoms. The molecule has 0 saturated carbocycles. The van der Waals surface area contributed by atoms with E-state index in [0.29, 0.717) is 11.3 Å². The molecule has 0 radical (unpaired) electrons. The van der Waals surface area contributed by atoms with E-state index in [0.717, 1.165) is 4.47 Å². The van der Waals surface area contributed by atoms with Gasteiger partial charge in [-0.3, -0.25) is 14.5 Å². The Morgan fingerprint density at radius 2 is 1.83 bits per heavy atom. The molecule has 2 N–H and O–H groups in total. The molecule has 2 aromatic carbocycles. The summed E-state index contributed by atoms with van der Waals surface area (Å²) in [5, 5.41) is 2.78. The molecule has 3 rings (SSSR count). The van der Waals surface area contributed by atoms with Gasteiger partial charge in [-0.15, -0.1) is 0 Å². The van der Waals surface area contributed by atoms with Crippen molar-refractivity contribution in [1.29, 1.82) is 0 Å². The molecular weight excluding hydrogens is 394 g/mol. The zero-order chi connectivity index (χ0) is 17.2. The number of fused-ring (bicyclic) bond motifs is 1. The average Bonchev–Trinajstić information content (AvgIpc) is 2.81. The van der Waals surface area contributed by atoms with E-state index in [-0.39, 0.29) is 29.6 Å². The van der Waals surface area contributed by atoms with Gasteiger partial charge in [0.25, 0.3) is 10.0 Å². The summed E-state index contributed by atoms with van der Waals surface area (Å²) < 4.78 is 27.1. The first-order valence-electron chi connectivity index (χ1n) is 7.18. The van der Waals surface area contributed by atoms with Gasteiger partial charge in [-0.2, -0.15) is 0 Å². The number of nitrogens with one attached hydrogen (secondary N) is 2. The highest BCUT2D eigenvalue weighted by Crippen LogP contribution is 2.23. The molecule has 8 heteroatoms. The topological polar surface area (TPSA) is 87.6 Å². The minimum absolute atomic E-state index is 0.148. The van der Waals surface area contributed by atoms with Crippen molar-refractivity contribution in [3.05, 3.63) is 58.6 Å². The summed E-state index contributed by atoms with van der Waals surface area (Å²) in [6, 6.07) is 13.9. The van der Waals surface area contributed by atoms with Crippen molar-refractivity contribution in [2.24, 2.45) is 4.99 Å². The number of hydrogen-bond acceptors (Lipinski definition) is 4. The van der Waals surface area contributed by atoms with E-state index in [1.54, 1.807) is 24.3 Å². The number of rotatable bonds is 4. The SMILES string of the molecule is O=C(CCN=C1NS(=O)(=O)c2ccccc21)Nc1ccccc1Br. The van der Waals surface area contributed by atoms with Gasteiger partial charge in [0.05, 0.1) is 17.1 Å². The highest BCUT2D eigenvalue weighted by molar-refractivity contribution is 9.10. The molecular formula is C16H14BrN3O3S. The molecule has 0 spiro atoms. The zero-order valence-electron chi connectivity index (χ0n) is 12.5. The lowest BCUT2D eigenvalue weighted by molar-refractivity contribution is -0.116. The molecule has 0 saturated heterocycles. The maximum absolute atomic E-state index is 12.0. The molecule has 0 bridgehead atoms. The first kappa shape index (κ1) is 16.7. The van der Waals surface area contributed by atoms with Crippen LogP contribution in [0.15, 0.2) is 62.9 Å². The molecule has 0 unspecified atom stereocenters. The van der Waals surface area contributed by atoms with Crippen LogP contribution in [0.4, 0.5) is 5.69 Å². The Balaban J connectivity index is 1.65. The van der Waals surface area contributed by atoms with E-state index in [1.165, 1.54) is 6.07 Å². The number of carbonyl (C=O) groups is 1. The van der Waals surface area contributed by atoms with Gasteiger partial charge in [0.2, 0.25) is 5.91 Å². The second-order valence-corrected chi connectivity index (χ2v) is 7.62. The summed E-state index contributed by atoms with van der Waals surface area (Å²) in [6.45, 7) is 0.183. The molecule has 0 atom stereocenters. The van der Waals surface area contributed by atoms with Gasteiger partial charge in [0, 0.05) is 16.5 Å². The smallest absolute Gasteiger partial charge is 0.263 e. The lowest BCUT2D eigenvalue weighted by Gasteiger charge is -2.06. The van der Waals surface area contributed by atoms with Crippen LogP contribution >= 0.6 is 15.9 Å². The van der Waals surface area contributed by atoms with Gasteiger partial charge in [-0.25, -0.2) is 8.42 Å². The molecule has 0 aliphatic carbocycles. The van der Waals surface area contributed by atoms with E-state index < -0.39 is 10.0 Å². The van der Waals surface area contributed by atoms with Gasteiger partial charge in [-0.1, -0.05) is 24.3 Å². The van der Waals surface area contributed by atoms with Crippen molar-refractivity contribution in [2.45, 2.75) is 11.3 Å². The van der Waals surface area contributed by atoms with Gasteiger partial charge in [-0.05, 0) is 40.2 Å². The summed E-state index contributed by atoms with van der Waals surface area (Å²) in [4.78, 5) is 16.4. The first-order valence-corrected chi connectivity index (χ1v) is 9.46. The van der Waals surface area contributed by atoms with Crippen molar-refractivity contribution < 1.29 is 13.2 Å². The van der Waals surface area contributed by atoms with E-state index in [2.05, 4.69) is 31.0 Å². The third-order valence-electron chi connectivity index (χ3n) is 3.42. The van der Waals surface area contributed by atoms with E-state index in [4.69, 9.17) is 0 Å². The van der Waals surface area contributed by atoms with Crippen LogP contribution in [0.2, 0.25) is 0 Å². The normalized spacial score (nSPS) is 16.5. The summed E-state index contributed by atoms with van der Waals surface area (Å²) in [5.74, 6) is 0.0830. The number of halogens is 1. The Bertz CT molecular complexity index is 926. The molecule has 1 heterocycles. The Labute approximate surface area is 148 Å².